The zero-order valence-electron chi connectivity index (χ0n) is 12.2. The highest BCUT2D eigenvalue weighted by Gasteiger charge is 2.30. The minimum Gasteiger partial charge on any atom is -0.396 e. The van der Waals surface area contributed by atoms with Crippen LogP contribution in [0.5, 0.6) is 0 Å². The number of hydrogen-bond acceptors (Lipinski definition) is 3. The molecule has 112 valence electrons. The van der Waals surface area contributed by atoms with Gasteiger partial charge >= 0.3 is 6.03 Å². The number of nitrogens with zero attached hydrogens (tertiary/aromatic N) is 3. The Morgan fingerprint density at radius 2 is 2.35 bits per heavy atom. The number of carbonyl (C=O) groups excluding carboxylic acids is 1. The van der Waals surface area contributed by atoms with Gasteiger partial charge in [-0.05, 0) is 18.9 Å². The molecule has 1 aliphatic rings. The van der Waals surface area contributed by atoms with E-state index in [0.717, 1.165) is 25.9 Å². The van der Waals surface area contributed by atoms with E-state index in [1.54, 1.807) is 6.20 Å². The molecule has 0 spiro atoms. The molecule has 2 rings (SSSR count). The second-order valence-corrected chi connectivity index (χ2v) is 6.20. The molecule has 1 aromatic rings. The van der Waals surface area contributed by atoms with Gasteiger partial charge in [-0.2, -0.15) is 5.10 Å². The lowest BCUT2D eigenvalue weighted by atomic mass is 9.95. The molecule has 0 saturated carbocycles. The SMILES string of the molecule is CC(C)(CO)CNC(=O)N1CCC[C@@H]1Cn1cccn1. The predicted octanol–water partition coefficient (Wildman–Crippen LogP) is 1.08. The molecule has 1 aliphatic heterocycles. The van der Waals surface area contributed by atoms with Crippen molar-refractivity contribution in [2.75, 3.05) is 19.7 Å². The van der Waals surface area contributed by atoms with E-state index in [2.05, 4.69) is 10.4 Å². The second kappa shape index (κ2) is 6.26. The Hall–Kier alpha value is -1.56. The first kappa shape index (κ1) is 14.8. The first-order chi connectivity index (χ1) is 9.52. The highest BCUT2D eigenvalue weighted by Crippen LogP contribution is 2.19. The van der Waals surface area contributed by atoms with Gasteiger partial charge in [-0.3, -0.25) is 4.68 Å². The highest BCUT2D eigenvalue weighted by atomic mass is 16.3. The number of aromatic nitrogens is 2. The second-order valence-electron chi connectivity index (χ2n) is 6.20. The standard InChI is InChI=1S/C14H24N4O2/c1-14(2,11-19)10-15-13(20)18-8-3-5-12(18)9-17-7-4-6-16-17/h4,6-7,12,19H,3,5,8-11H2,1-2H3,(H,15,20)/t12-/m1/s1. The number of hydrogen-bond donors (Lipinski definition) is 2. The van der Waals surface area contributed by atoms with E-state index < -0.39 is 0 Å². The fourth-order valence-corrected chi connectivity index (χ4v) is 2.39. The third-order valence-corrected chi connectivity index (χ3v) is 3.74. The summed E-state index contributed by atoms with van der Waals surface area (Å²) in [4.78, 5) is 14.1. The Morgan fingerprint density at radius 1 is 1.55 bits per heavy atom. The van der Waals surface area contributed by atoms with Gasteiger partial charge < -0.3 is 15.3 Å². The Labute approximate surface area is 119 Å². The van der Waals surface area contributed by atoms with Crippen LogP contribution in [0.15, 0.2) is 18.5 Å². The van der Waals surface area contributed by atoms with Crippen LogP contribution in [0.2, 0.25) is 0 Å². The molecule has 0 unspecified atom stereocenters. The van der Waals surface area contributed by atoms with Crippen LogP contribution in [0.4, 0.5) is 4.79 Å². The zero-order valence-corrected chi connectivity index (χ0v) is 12.2. The number of nitrogens with one attached hydrogen (secondary N) is 1. The largest absolute Gasteiger partial charge is 0.396 e. The Kier molecular flexibility index (Phi) is 4.65. The van der Waals surface area contributed by atoms with Crippen LogP contribution < -0.4 is 5.32 Å². The monoisotopic (exact) mass is 280 g/mol. The summed E-state index contributed by atoms with van der Waals surface area (Å²) in [6.45, 7) is 5.93. The average molecular weight is 280 g/mol. The minimum absolute atomic E-state index is 0.0406. The summed E-state index contributed by atoms with van der Waals surface area (Å²) >= 11 is 0. The summed E-state index contributed by atoms with van der Waals surface area (Å²) in [7, 11) is 0. The molecule has 6 heteroatoms. The fourth-order valence-electron chi connectivity index (χ4n) is 2.39. The lowest BCUT2D eigenvalue weighted by Gasteiger charge is -2.28. The van der Waals surface area contributed by atoms with Crippen LogP contribution in [0.3, 0.4) is 0 Å². The molecule has 0 aliphatic carbocycles. The summed E-state index contributed by atoms with van der Waals surface area (Å²) in [5.74, 6) is 0. The molecule has 0 radical (unpaired) electrons. The summed E-state index contributed by atoms with van der Waals surface area (Å²) in [6, 6.07) is 2.05. The van der Waals surface area contributed by atoms with Crippen molar-refractivity contribution in [3.8, 4) is 0 Å². The molecule has 6 nitrogen and oxygen atoms in total. The lowest BCUT2D eigenvalue weighted by Crippen LogP contribution is -2.47. The summed E-state index contributed by atoms with van der Waals surface area (Å²) in [5.41, 5.74) is -0.285. The van der Waals surface area contributed by atoms with Crippen LogP contribution in [-0.2, 0) is 6.54 Å². The lowest BCUT2D eigenvalue weighted by molar-refractivity contribution is 0.147. The molecule has 2 amide bonds. The van der Waals surface area contributed by atoms with Crippen molar-refractivity contribution in [2.24, 2.45) is 5.41 Å². The first-order valence-corrected chi connectivity index (χ1v) is 7.14. The van der Waals surface area contributed by atoms with E-state index in [9.17, 15) is 9.90 Å². The van der Waals surface area contributed by atoms with Gasteiger partial charge in [0.15, 0.2) is 0 Å². The topological polar surface area (TPSA) is 70.4 Å². The van der Waals surface area contributed by atoms with Crippen LogP contribution in [0, 0.1) is 5.41 Å². The zero-order chi connectivity index (χ0) is 14.6. The Morgan fingerprint density at radius 3 is 3.00 bits per heavy atom. The fraction of sp³-hybridized carbons (Fsp3) is 0.714. The quantitative estimate of drug-likeness (QED) is 0.848. The molecule has 1 fully saturated rings. The smallest absolute Gasteiger partial charge is 0.317 e. The van der Waals surface area contributed by atoms with Gasteiger partial charge in [-0.15, -0.1) is 0 Å². The molecule has 2 heterocycles. The number of urea groups is 1. The molecule has 1 atom stereocenters. The predicted molar refractivity (Wildman–Crippen MR) is 76.2 cm³/mol. The summed E-state index contributed by atoms with van der Waals surface area (Å²) in [5, 5.41) is 16.3. The van der Waals surface area contributed by atoms with Crippen LogP contribution in [-0.4, -0.2) is 51.6 Å². The van der Waals surface area contributed by atoms with Crippen molar-refractivity contribution in [3.63, 3.8) is 0 Å². The van der Waals surface area contributed by atoms with Gasteiger partial charge in [-0.25, -0.2) is 4.79 Å². The summed E-state index contributed by atoms with van der Waals surface area (Å²) in [6.07, 6.45) is 5.71. The van der Waals surface area contributed by atoms with Gasteiger partial charge in [0.25, 0.3) is 0 Å². The molecular weight excluding hydrogens is 256 g/mol. The van der Waals surface area contributed by atoms with Crippen molar-refractivity contribution in [2.45, 2.75) is 39.3 Å². The average Bonchev–Trinajstić information content (AvgIpc) is 3.08. The van der Waals surface area contributed by atoms with Gasteiger partial charge in [0.2, 0.25) is 0 Å². The van der Waals surface area contributed by atoms with E-state index in [-0.39, 0.29) is 24.1 Å². The maximum atomic E-state index is 12.3. The number of carbonyl (C=O) groups is 1. The van der Waals surface area contributed by atoms with E-state index in [1.807, 2.05) is 35.7 Å². The Balaban J connectivity index is 1.88. The number of amides is 2. The van der Waals surface area contributed by atoms with E-state index >= 15 is 0 Å². The number of likely N-dealkylation sites (tertiary alicyclic amines) is 1. The normalized spacial score (nSPS) is 19.4. The van der Waals surface area contributed by atoms with E-state index in [1.165, 1.54) is 0 Å². The van der Waals surface area contributed by atoms with Crippen LogP contribution in [0.1, 0.15) is 26.7 Å². The van der Waals surface area contributed by atoms with Crippen molar-refractivity contribution >= 4 is 6.03 Å². The highest BCUT2D eigenvalue weighted by molar-refractivity contribution is 5.74. The van der Waals surface area contributed by atoms with Crippen LogP contribution in [0.25, 0.3) is 0 Å². The van der Waals surface area contributed by atoms with Gasteiger partial charge in [0.1, 0.15) is 0 Å². The molecule has 1 saturated heterocycles. The van der Waals surface area contributed by atoms with Gasteiger partial charge in [0.05, 0.1) is 12.6 Å². The maximum Gasteiger partial charge on any atom is 0.317 e. The van der Waals surface area contributed by atoms with E-state index in [0.29, 0.717) is 6.54 Å². The number of aliphatic hydroxyl groups excluding tert-OH is 1. The first-order valence-electron chi connectivity index (χ1n) is 7.14. The third kappa shape index (κ3) is 3.72. The summed E-state index contributed by atoms with van der Waals surface area (Å²) < 4.78 is 1.87. The third-order valence-electron chi connectivity index (χ3n) is 3.74. The van der Waals surface area contributed by atoms with E-state index in [4.69, 9.17) is 0 Å². The molecule has 1 aromatic heterocycles. The van der Waals surface area contributed by atoms with Gasteiger partial charge in [-0.1, -0.05) is 13.8 Å². The Bertz CT molecular complexity index is 430. The minimum atomic E-state index is -0.285. The molecule has 2 N–H and O–H groups in total. The van der Waals surface area contributed by atoms with Gasteiger partial charge in [0, 0.05) is 37.5 Å². The maximum absolute atomic E-state index is 12.3. The molecule has 0 aromatic carbocycles. The molecule has 0 bridgehead atoms. The van der Waals surface area contributed by atoms with Crippen molar-refractivity contribution in [1.82, 2.24) is 20.0 Å². The number of rotatable bonds is 5. The van der Waals surface area contributed by atoms with Crippen molar-refractivity contribution in [1.29, 1.82) is 0 Å². The van der Waals surface area contributed by atoms with Crippen LogP contribution >= 0.6 is 0 Å². The molecule has 20 heavy (non-hydrogen) atoms. The van der Waals surface area contributed by atoms with Crippen molar-refractivity contribution in [3.05, 3.63) is 18.5 Å². The van der Waals surface area contributed by atoms with Crippen molar-refractivity contribution < 1.29 is 9.90 Å². The number of aliphatic hydroxyl groups is 1. The molecular formula is C14H24N4O2.